The number of benzene rings is 1. The summed E-state index contributed by atoms with van der Waals surface area (Å²) in [4.78, 5) is 21.0. The molecule has 7 heteroatoms. The van der Waals surface area contributed by atoms with Gasteiger partial charge in [-0.3, -0.25) is 4.79 Å². The van der Waals surface area contributed by atoms with E-state index in [2.05, 4.69) is 0 Å². The van der Waals surface area contributed by atoms with Crippen LogP contribution in [0.15, 0.2) is 6.07 Å². The first-order chi connectivity index (χ1) is 6.99. The molecule has 0 bridgehead atoms. The van der Waals surface area contributed by atoms with Crippen LogP contribution in [0, 0.1) is 0 Å². The lowest BCUT2D eigenvalue weighted by atomic mass is 10.1. The molecule has 3 N–H and O–H groups in total. The second-order valence-electron chi connectivity index (χ2n) is 2.51. The molecule has 0 aromatic heterocycles. The Kier molecular flexibility index (Phi) is 3.39. The molecule has 0 heterocycles. The molecule has 0 atom stereocenters. The van der Waals surface area contributed by atoms with Gasteiger partial charge in [-0.1, -0.05) is 23.2 Å². The van der Waals surface area contributed by atoms with Gasteiger partial charge < -0.3 is 15.5 Å². The number of aromatic carboxylic acids is 1. The maximum Gasteiger partial charge on any atom is 0.339 e. The molecule has 0 aliphatic carbocycles. The van der Waals surface area contributed by atoms with E-state index in [1.165, 1.54) is 0 Å². The minimum atomic E-state index is -1.38. The van der Waals surface area contributed by atoms with E-state index in [-0.39, 0.29) is 22.1 Å². The lowest BCUT2D eigenvalue weighted by Gasteiger charge is -2.09. The summed E-state index contributed by atoms with van der Waals surface area (Å²) in [7, 11) is 0. The van der Waals surface area contributed by atoms with Crippen molar-refractivity contribution < 1.29 is 19.8 Å². The fourth-order valence-corrected chi connectivity index (χ4v) is 1.56. The third-order valence-electron chi connectivity index (χ3n) is 1.62. The van der Waals surface area contributed by atoms with Crippen LogP contribution >= 0.6 is 23.2 Å². The zero-order valence-electron chi connectivity index (χ0n) is 7.12. The molecule has 1 amide bonds. The molecule has 0 unspecified atom stereocenters. The summed E-state index contributed by atoms with van der Waals surface area (Å²) in [5, 5.41) is 19.9. The minimum Gasteiger partial charge on any atom is -0.504 e. The summed E-state index contributed by atoms with van der Waals surface area (Å²) in [6.07, 6.45) is 0.216. The second-order valence-corrected chi connectivity index (χ2v) is 3.32. The van der Waals surface area contributed by atoms with Gasteiger partial charge in [0, 0.05) is 0 Å². The number of halogens is 2. The lowest BCUT2D eigenvalue weighted by Crippen LogP contribution is -2.06. The fourth-order valence-electron chi connectivity index (χ4n) is 1.02. The van der Waals surface area contributed by atoms with Crippen LogP contribution in [0.5, 0.6) is 5.75 Å². The number of aromatic hydroxyl groups is 1. The van der Waals surface area contributed by atoms with E-state index < -0.39 is 17.3 Å². The van der Waals surface area contributed by atoms with Gasteiger partial charge in [0.15, 0.2) is 5.75 Å². The molecule has 0 aliphatic rings. The Morgan fingerprint density at radius 1 is 1.40 bits per heavy atom. The molecular weight excluding hydrogens is 245 g/mol. The van der Waals surface area contributed by atoms with E-state index >= 15 is 0 Å². The van der Waals surface area contributed by atoms with Gasteiger partial charge in [-0.2, -0.15) is 0 Å². The van der Waals surface area contributed by atoms with Crippen molar-refractivity contribution in [2.45, 2.75) is 0 Å². The first kappa shape index (κ1) is 11.6. The number of anilines is 1. The monoisotopic (exact) mass is 249 g/mol. The average Bonchev–Trinajstić information content (AvgIpc) is 2.13. The molecule has 15 heavy (non-hydrogen) atoms. The highest BCUT2D eigenvalue weighted by molar-refractivity contribution is 6.38. The quantitative estimate of drug-likeness (QED) is 0.565. The Morgan fingerprint density at radius 2 is 2.00 bits per heavy atom. The third-order valence-corrected chi connectivity index (χ3v) is 2.21. The smallest absolute Gasteiger partial charge is 0.339 e. The number of phenolic OH excluding ortho intramolecular Hbond substituents is 1. The number of nitrogens with one attached hydrogen (secondary N) is 1. The molecule has 1 aromatic rings. The van der Waals surface area contributed by atoms with Crippen LogP contribution in [0.1, 0.15) is 10.4 Å². The lowest BCUT2D eigenvalue weighted by molar-refractivity contribution is -0.105. The average molecular weight is 250 g/mol. The van der Waals surface area contributed by atoms with Crippen LogP contribution in [0.2, 0.25) is 10.0 Å². The maximum atomic E-state index is 10.8. The number of carboxylic acid groups (broad SMARTS) is 1. The minimum absolute atomic E-state index is 0.144. The van der Waals surface area contributed by atoms with Crippen LogP contribution in [0.4, 0.5) is 5.69 Å². The van der Waals surface area contributed by atoms with E-state index in [9.17, 15) is 14.7 Å². The SMILES string of the molecule is O=CNc1c(O)c(Cl)cc(Cl)c1C(=O)O. The molecule has 0 radical (unpaired) electrons. The fraction of sp³-hybridized carbons (Fsp3) is 0. The number of carbonyl (C=O) groups excluding carboxylic acids is 1. The van der Waals surface area contributed by atoms with Crippen molar-refractivity contribution in [3.05, 3.63) is 21.7 Å². The maximum absolute atomic E-state index is 10.8. The van der Waals surface area contributed by atoms with Crippen molar-refractivity contribution in [1.82, 2.24) is 0 Å². The Hall–Kier alpha value is -1.46. The molecule has 0 saturated heterocycles. The first-order valence-corrected chi connectivity index (χ1v) is 4.39. The van der Waals surface area contributed by atoms with E-state index in [1.807, 2.05) is 5.32 Å². The molecule has 0 fully saturated rings. The molecule has 0 aliphatic heterocycles. The molecule has 0 spiro atoms. The summed E-state index contributed by atoms with van der Waals surface area (Å²) < 4.78 is 0. The van der Waals surface area contributed by atoms with Gasteiger partial charge in [0.25, 0.3) is 0 Å². The highest BCUT2D eigenvalue weighted by atomic mass is 35.5. The normalized spacial score (nSPS) is 9.73. The van der Waals surface area contributed by atoms with Gasteiger partial charge in [-0.05, 0) is 6.07 Å². The number of amides is 1. The van der Waals surface area contributed by atoms with Crippen LogP contribution in [-0.4, -0.2) is 22.6 Å². The highest BCUT2D eigenvalue weighted by Gasteiger charge is 2.20. The Labute approximate surface area is 94.2 Å². The van der Waals surface area contributed by atoms with Gasteiger partial charge >= 0.3 is 5.97 Å². The van der Waals surface area contributed by atoms with Crippen LogP contribution in [0.25, 0.3) is 0 Å². The van der Waals surface area contributed by atoms with Crippen LogP contribution in [-0.2, 0) is 4.79 Å². The standard InChI is InChI=1S/C8H5Cl2NO4/c9-3-1-4(10)7(13)6(11-2-12)5(3)8(14)15/h1-2,13H,(H,11,12)(H,14,15). The van der Waals surface area contributed by atoms with E-state index in [0.717, 1.165) is 6.07 Å². The number of phenols is 1. The van der Waals surface area contributed by atoms with Gasteiger partial charge in [-0.15, -0.1) is 0 Å². The molecule has 80 valence electrons. The van der Waals surface area contributed by atoms with Crippen molar-refractivity contribution in [1.29, 1.82) is 0 Å². The number of rotatable bonds is 3. The number of hydrogen-bond donors (Lipinski definition) is 3. The van der Waals surface area contributed by atoms with Crippen molar-refractivity contribution in [3.8, 4) is 5.75 Å². The Bertz CT molecular complexity index is 433. The summed E-state index contributed by atoms with van der Waals surface area (Å²) in [5.41, 5.74) is -0.735. The predicted octanol–water partition coefficient (Wildman–Crippen LogP) is 1.97. The first-order valence-electron chi connectivity index (χ1n) is 3.63. The third kappa shape index (κ3) is 2.14. The number of carbonyl (C=O) groups is 2. The van der Waals surface area contributed by atoms with Crippen molar-refractivity contribution in [2.75, 3.05) is 5.32 Å². The van der Waals surface area contributed by atoms with Crippen molar-refractivity contribution in [2.24, 2.45) is 0 Å². The topological polar surface area (TPSA) is 86.6 Å². The molecule has 1 aromatic carbocycles. The van der Waals surface area contributed by atoms with E-state index in [4.69, 9.17) is 28.3 Å². The van der Waals surface area contributed by atoms with Crippen LogP contribution in [0.3, 0.4) is 0 Å². The summed E-state index contributed by atoms with van der Waals surface area (Å²) >= 11 is 11.2. The largest absolute Gasteiger partial charge is 0.504 e. The van der Waals surface area contributed by atoms with Gasteiger partial charge in [0.05, 0.1) is 10.0 Å². The predicted molar refractivity (Wildman–Crippen MR) is 54.8 cm³/mol. The number of hydrogen-bond acceptors (Lipinski definition) is 3. The summed E-state index contributed by atoms with van der Waals surface area (Å²) in [5.74, 6) is -1.91. The van der Waals surface area contributed by atoms with E-state index in [0.29, 0.717) is 0 Å². The molecule has 0 saturated carbocycles. The van der Waals surface area contributed by atoms with Gasteiger partial charge in [0.1, 0.15) is 11.3 Å². The van der Waals surface area contributed by atoms with Crippen molar-refractivity contribution >= 4 is 41.3 Å². The zero-order valence-corrected chi connectivity index (χ0v) is 8.63. The van der Waals surface area contributed by atoms with Crippen LogP contribution < -0.4 is 5.32 Å². The molecular formula is C8H5Cl2NO4. The van der Waals surface area contributed by atoms with Gasteiger partial charge in [-0.25, -0.2) is 4.79 Å². The second kappa shape index (κ2) is 4.37. The Balaban J connectivity index is 3.53. The van der Waals surface area contributed by atoms with Gasteiger partial charge in [0.2, 0.25) is 6.41 Å². The zero-order chi connectivity index (χ0) is 11.6. The highest BCUT2D eigenvalue weighted by Crippen LogP contribution is 2.39. The number of carboxylic acids is 1. The summed E-state index contributed by atoms with van der Waals surface area (Å²) in [6, 6.07) is 1.08. The molecule has 1 rings (SSSR count). The molecule has 5 nitrogen and oxygen atoms in total. The Morgan fingerprint density at radius 3 is 2.47 bits per heavy atom. The van der Waals surface area contributed by atoms with Crippen molar-refractivity contribution in [3.63, 3.8) is 0 Å². The van der Waals surface area contributed by atoms with E-state index in [1.54, 1.807) is 0 Å². The summed E-state index contributed by atoms with van der Waals surface area (Å²) in [6.45, 7) is 0.